The second-order valence-corrected chi connectivity index (χ2v) is 4.18. The van der Waals surface area contributed by atoms with Crippen LogP contribution in [0.3, 0.4) is 0 Å². The van der Waals surface area contributed by atoms with Crippen molar-refractivity contribution in [1.29, 1.82) is 0 Å². The molecule has 0 bridgehead atoms. The first-order chi connectivity index (χ1) is 5.38. The van der Waals surface area contributed by atoms with Gasteiger partial charge in [-0.25, -0.2) is 0 Å². The third kappa shape index (κ3) is 1.36. The lowest BCUT2D eigenvalue weighted by atomic mass is 9.86. The molecule has 0 saturated heterocycles. The minimum atomic E-state index is 0.984. The molecule has 1 fully saturated rings. The highest BCUT2D eigenvalue weighted by atomic mass is 14.3. The molecule has 1 unspecified atom stereocenters. The van der Waals surface area contributed by atoms with Crippen LogP contribution in [0.25, 0.3) is 0 Å². The van der Waals surface area contributed by atoms with Gasteiger partial charge in [0.15, 0.2) is 0 Å². The monoisotopic (exact) mass is 150 g/mol. The van der Waals surface area contributed by atoms with Crippen molar-refractivity contribution in [2.75, 3.05) is 0 Å². The molecule has 0 heterocycles. The molecule has 0 aliphatic heterocycles. The first-order valence-corrected chi connectivity index (χ1v) is 5.04. The van der Waals surface area contributed by atoms with Gasteiger partial charge in [-0.1, -0.05) is 24.5 Å². The van der Waals surface area contributed by atoms with Crippen LogP contribution < -0.4 is 0 Å². The normalized spacial score (nSPS) is 32.8. The van der Waals surface area contributed by atoms with Crippen LogP contribution in [0.15, 0.2) is 11.6 Å². The van der Waals surface area contributed by atoms with Crippen molar-refractivity contribution < 1.29 is 0 Å². The van der Waals surface area contributed by atoms with Gasteiger partial charge in [0, 0.05) is 0 Å². The summed E-state index contributed by atoms with van der Waals surface area (Å²) in [7, 11) is 0. The molecule has 0 N–H and O–H groups in total. The highest BCUT2D eigenvalue weighted by Crippen LogP contribution is 2.40. The zero-order chi connectivity index (χ0) is 7.68. The summed E-state index contributed by atoms with van der Waals surface area (Å²) < 4.78 is 0. The van der Waals surface area contributed by atoms with Gasteiger partial charge in [0.25, 0.3) is 0 Å². The molecule has 0 aromatic rings. The van der Waals surface area contributed by atoms with Crippen LogP contribution in [-0.2, 0) is 0 Å². The molecule has 11 heavy (non-hydrogen) atoms. The van der Waals surface area contributed by atoms with Crippen molar-refractivity contribution in [2.45, 2.75) is 45.4 Å². The van der Waals surface area contributed by atoms with Crippen LogP contribution in [0, 0.1) is 11.8 Å². The molecule has 0 nitrogen and oxygen atoms in total. The van der Waals surface area contributed by atoms with E-state index in [4.69, 9.17) is 0 Å². The summed E-state index contributed by atoms with van der Waals surface area (Å²) >= 11 is 0. The van der Waals surface area contributed by atoms with E-state index in [0.717, 1.165) is 11.8 Å². The van der Waals surface area contributed by atoms with E-state index in [-0.39, 0.29) is 0 Å². The molecule has 2 rings (SSSR count). The van der Waals surface area contributed by atoms with Crippen molar-refractivity contribution >= 4 is 0 Å². The Kier molecular flexibility index (Phi) is 2.02. The summed E-state index contributed by atoms with van der Waals surface area (Å²) in [5.74, 6) is 2.05. The maximum absolute atomic E-state index is 2.45. The van der Waals surface area contributed by atoms with Crippen LogP contribution in [0.1, 0.15) is 45.4 Å². The maximum Gasteiger partial charge on any atom is -0.0175 e. The van der Waals surface area contributed by atoms with Crippen LogP contribution in [0.2, 0.25) is 0 Å². The molecule has 62 valence electrons. The van der Waals surface area contributed by atoms with Crippen LogP contribution >= 0.6 is 0 Å². The zero-order valence-electron chi connectivity index (χ0n) is 7.47. The average Bonchev–Trinajstić information content (AvgIpc) is 2.55. The molecular formula is C11H18. The first-order valence-electron chi connectivity index (χ1n) is 5.04. The summed E-state index contributed by atoms with van der Waals surface area (Å²) in [6.45, 7) is 2.33. The molecule has 0 aromatic heterocycles. The Bertz CT molecular complexity index is 161. The van der Waals surface area contributed by atoms with Gasteiger partial charge in [-0.3, -0.25) is 0 Å². The van der Waals surface area contributed by atoms with Crippen molar-refractivity contribution in [3.63, 3.8) is 0 Å². The van der Waals surface area contributed by atoms with Gasteiger partial charge < -0.3 is 0 Å². The molecular weight excluding hydrogens is 132 g/mol. The smallest absolute Gasteiger partial charge is 0.0175 e. The van der Waals surface area contributed by atoms with E-state index in [2.05, 4.69) is 13.0 Å². The van der Waals surface area contributed by atoms with Gasteiger partial charge in [-0.2, -0.15) is 0 Å². The van der Waals surface area contributed by atoms with E-state index in [0.29, 0.717) is 0 Å². The number of allylic oxidation sites excluding steroid dienone is 2. The van der Waals surface area contributed by atoms with E-state index in [1.807, 2.05) is 0 Å². The fourth-order valence-corrected chi connectivity index (χ4v) is 2.84. The van der Waals surface area contributed by atoms with Crippen LogP contribution in [-0.4, -0.2) is 0 Å². The summed E-state index contributed by atoms with van der Waals surface area (Å²) in [6.07, 6.45) is 11.3. The highest BCUT2D eigenvalue weighted by Gasteiger charge is 2.27. The molecule has 2 aliphatic rings. The average molecular weight is 150 g/mol. The Morgan fingerprint density at radius 2 is 1.91 bits per heavy atom. The van der Waals surface area contributed by atoms with Gasteiger partial charge in [0.05, 0.1) is 0 Å². The SMILES string of the molecule is CC1=CCCC1C1CCCC1. The predicted molar refractivity (Wildman–Crippen MR) is 48.4 cm³/mol. The fraction of sp³-hybridized carbons (Fsp3) is 0.818. The van der Waals surface area contributed by atoms with Crippen LogP contribution in [0.4, 0.5) is 0 Å². The number of hydrogen-bond acceptors (Lipinski definition) is 0. The second-order valence-electron chi connectivity index (χ2n) is 4.18. The van der Waals surface area contributed by atoms with E-state index in [1.165, 1.54) is 38.5 Å². The lowest BCUT2D eigenvalue weighted by Gasteiger charge is -2.19. The summed E-state index contributed by atoms with van der Waals surface area (Å²) in [4.78, 5) is 0. The van der Waals surface area contributed by atoms with Gasteiger partial charge >= 0.3 is 0 Å². The summed E-state index contributed by atoms with van der Waals surface area (Å²) in [6, 6.07) is 0. The summed E-state index contributed by atoms with van der Waals surface area (Å²) in [5.41, 5.74) is 1.69. The van der Waals surface area contributed by atoms with E-state index >= 15 is 0 Å². The minimum Gasteiger partial charge on any atom is -0.0853 e. The second kappa shape index (κ2) is 3.00. The molecule has 0 amide bonds. The predicted octanol–water partition coefficient (Wildman–Crippen LogP) is 3.53. The quantitative estimate of drug-likeness (QED) is 0.502. The lowest BCUT2D eigenvalue weighted by molar-refractivity contribution is 0.385. The Morgan fingerprint density at radius 1 is 1.18 bits per heavy atom. The van der Waals surface area contributed by atoms with Gasteiger partial charge in [-0.15, -0.1) is 0 Å². The lowest BCUT2D eigenvalue weighted by Crippen LogP contribution is -2.09. The van der Waals surface area contributed by atoms with Crippen molar-refractivity contribution in [3.05, 3.63) is 11.6 Å². The fourth-order valence-electron chi connectivity index (χ4n) is 2.84. The van der Waals surface area contributed by atoms with Gasteiger partial charge in [-0.05, 0) is 44.4 Å². The third-order valence-corrected chi connectivity index (χ3v) is 3.50. The Hall–Kier alpha value is -0.260. The molecule has 2 aliphatic carbocycles. The molecule has 0 heteroatoms. The molecule has 1 atom stereocenters. The van der Waals surface area contributed by atoms with Gasteiger partial charge in [0.1, 0.15) is 0 Å². The Balaban J connectivity index is 1.98. The van der Waals surface area contributed by atoms with Crippen molar-refractivity contribution in [3.8, 4) is 0 Å². The highest BCUT2D eigenvalue weighted by molar-refractivity contribution is 5.11. The van der Waals surface area contributed by atoms with E-state index < -0.39 is 0 Å². The number of rotatable bonds is 1. The van der Waals surface area contributed by atoms with Gasteiger partial charge in [0.2, 0.25) is 0 Å². The third-order valence-electron chi connectivity index (χ3n) is 3.50. The largest absolute Gasteiger partial charge is 0.0853 e. The van der Waals surface area contributed by atoms with E-state index in [9.17, 15) is 0 Å². The topological polar surface area (TPSA) is 0 Å². The minimum absolute atomic E-state index is 0.984. The number of hydrogen-bond donors (Lipinski definition) is 0. The molecule has 0 spiro atoms. The summed E-state index contributed by atoms with van der Waals surface area (Å²) in [5, 5.41) is 0. The maximum atomic E-state index is 2.45. The zero-order valence-corrected chi connectivity index (χ0v) is 7.47. The van der Waals surface area contributed by atoms with Crippen molar-refractivity contribution in [2.24, 2.45) is 11.8 Å². The molecule has 1 saturated carbocycles. The Morgan fingerprint density at radius 3 is 2.45 bits per heavy atom. The van der Waals surface area contributed by atoms with Crippen molar-refractivity contribution in [1.82, 2.24) is 0 Å². The van der Waals surface area contributed by atoms with E-state index in [1.54, 1.807) is 5.57 Å². The first kappa shape index (κ1) is 7.39. The standard InChI is InChI=1S/C11H18/c1-9-5-4-8-11(9)10-6-2-3-7-10/h5,10-11H,2-4,6-8H2,1H3. The molecule has 0 aromatic carbocycles. The molecule has 0 radical (unpaired) electrons. The van der Waals surface area contributed by atoms with Crippen LogP contribution in [0.5, 0.6) is 0 Å². The Labute approximate surface area is 69.7 Å².